The van der Waals surface area contributed by atoms with Crippen LogP contribution in [-0.4, -0.2) is 24.1 Å². The summed E-state index contributed by atoms with van der Waals surface area (Å²) < 4.78 is 10.2. The monoisotopic (exact) mass is 258 g/mol. The molecule has 98 valence electrons. The van der Waals surface area contributed by atoms with E-state index in [1.807, 2.05) is 32.0 Å². The second kappa shape index (κ2) is 3.95. The van der Waals surface area contributed by atoms with Gasteiger partial charge in [-0.25, -0.2) is 4.79 Å². The van der Waals surface area contributed by atoms with Crippen LogP contribution >= 0.6 is 0 Å². The van der Waals surface area contributed by atoms with Crippen LogP contribution < -0.4 is 0 Å². The van der Waals surface area contributed by atoms with Gasteiger partial charge in [0, 0.05) is 0 Å². The van der Waals surface area contributed by atoms with Crippen molar-refractivity contribution in [1.82, 2.24) is 0 Å². The summed E-state index contributed by atoms with van der Waals surface area (Å²) in [6, 6.07) is 5.90. The number of cyclic esters (lactones) is 1. The molecule has 0 amide bonds. The van der Waals surface area contributed by atoms with Gasteiger partial charge in [0.25, 0.3) is 0 Å². The first-order valence-corrected chi connectivity index (χ1v) is 6.18. The van der Waals surface area contributed by atoms with Crippen LogP contribution in [0.2, 0.25) is 0 Å². The predicted octanol–water partition coefficient (Wildman–Crippen LogP) is 2.43. The van der Waals surface area contributed by atoms with E-state index in [1.54, 1.807) is 6.08 Å². The van der Waals surface area contributed by atoms with E-state index in [1.165, 1.54) is 6.08 Å². The molecule has 0 unspecified atom stereocenters. The van der Waals surface area contributed by atoms with Gasteiger partial charge in [-0.15, -0.1) is 0 Å². The van der Waals surface area contributed by atoms with Crippen molar-refractivity contribution >= 4 is 11.9 Å². The van der Waals surface area contributed by atoms with Gasteiger partial charge < -0.3 is 9.47 Å². The van der Waals surface area contributed by atoms with Gasteiger partial charge in [0.15, 0.2) is 11.4 Å². The third-order valence-electron chi connectivity index (χ3n) is 3.73. The molecular weight excluding hydrogens is 244 g/mol. The molecule has 4 nitrogen and oxygen atoms in total. The largest absolute Gasteiger partial charge is 0.509 e. The number of carbonyl (C=O) groups excluding carboxylic acids is 2. The minimum atomic E-state index is -0.964. The number of carbonyl (C=O) groups is 2. The van der Waals surface area contributed by atoms with Crippen LogP contribution in [0, 0.1) is 13.8 Å². The van der Waals surface area contributed by atoms with Crippen LogP contribution in [0.25, 0.3) is 0 Å². The Kier molecular flexibility index (Phi) is 2.49. The van der Waals surface area contributed by atoms with Gasteiger partial charge in [0.05, 0.1) is 5.92 Å². The zero-order valence-electron chi connectivity index (χ0n) is 10.8. The van der Waals surface area contributed by atoms with Gasteiger partial charge in [-0.2, -0.15) is 0 Å². The number of ketones is 1. The molecule has 0 saturated carbocycles. The number of allylic oxidation sites excluding steroid dienone is 1. The summed E-state index contributed by atoms with van der Waals surface area (Å²) in [6.45, 7) is 4.05. The summed E-state index contributed by atoms with van der Waals surface area (Å²) in [4.78, 5) is 23.4. The maximum Gasteiger partial charge on any atom is 0.509 e. The summed E-state index contributed by atoms with van der Waals surface area (Å²) in [7, 11) is 0. The number of ether oxygens (including phenoxy) is 2. The minimum absolute atomic E-state index is 0.0507. The highest BCUT2D eigenvalue weighted by molar-refractivity contribution is 6.00. The molecule has 0 radical (unpaired) electrons. The number of hydrogen-bond acceptors (Lipinski definition) is 4. The zero-order valence-corrected chi connectivity index (χ0v) is 10.8. The van der Waals surface area contributed by atoms with Crippen LogP contribution in [0.15, 0.2) is 30.4 Å². The fourth-order valence-corrected chi connectivity index (χ4v) is 2.83. The highest BCUT2D eigenvalue weighted by Gasteiger charge is 2.53. The van der Waals surface area contributed by atoms with Gasteiger partial charge in [-0.3, -0.25) is 4.79 Å². The third kappa shape index (κ3) is 1.75. The van der Waals surface area contributed by atoms with Crippen molar-refractivity contribution in [2.45, 2.75) is 25.4 Å². The third-order valence-corrected chi connectivity index (χ3v) is 3.73. The molecule has 1 heterocycles. The molecule has 19 heavy (non-hydrogen) atoms. The summed E-state index contributed by atoms with van der Waals surface area (Å²) in [5.41, 5.74) is 2.07. The van der Waals surface area contributed by atoms with Crippen LogP contribution in [0.4, 0.5) is 4.79 Å². The lowest BCUT2D eigenvalue weighted by Gasteiger charge is -2.26. The van der Waals surface area contributed by atoms with Gasteiger partial charge in [0.2, 0.25) is 0 Å². The number of rotatable bonds is 1. The van der Waals surface area contributed by atoms with Gasteiger partial charge >= 0.3 is 6.16 Å². The van der Waals surface area contributed by atoms with Crippen LogP contribution in [0.1, 0.15) is 22.6 Å². The molecule has 2 atom stereocenters. The molecule has 1 aliphatic carbocycles. The van der Waals surface area contributed by atoms with E-state index in [4.69, 9.17) is 9.47 Å². The average molecular weight is 258 g/mol. The second-order valence-electron chi connectivity index (χ2n) is 5.12. The quantitative estimate of drug-likeness (QED) is 0.726. The van der Waals surface area contributed by atoms with Gasteiger partial charge in [-0.05, 0) is 37.1 Å². The Morgan fingerprint density at radius 1 is 1.26 bits per heavy atom. The number of aryl methyl sites for hydroxylation is 2. The molecule has 1 saturated heterocycles. The Labute approximate surface area is 111 Å². The van der Waals surface area contributed by atoms with Gasteiger partial charge in [-0.1, -0.05) is 23.8 Å². The van der Waals surface area contributed by atoms with Crippen LogP contribution in [0.5, 0.6) is 0 Å². The average Bonchev–Trinajstić information content (AvgIpc) is 2.86. The number of hydrogen-bond donors (Lipinski definition) is 0. The Bertz CT molecular complexity index is 602. The Balaban J connectivity index is 2.07. The van der Waals surface area contributed by atoms with Crippen molar-refractivity contribution < 1.29 is 19.1 Å². The van der Waals surface area contributed by atoms with E-state index in [0.717, 1.165) is 16.7 Å². The van der Waals surface area contributed by atoms with Crippen molar-refractivity contribution in [3.05, 3.63) is 47.0 Å². The molecule has 1 fully saturated rings. The molecule has 2 aliphatic rings. The molecule has 1 aromatic carbocycles. The van der Waals surface area contributed by atoms with E-state index in [2.05, 4.69) is 0 Å². The minimum Gasteiger partial charge on any atom is -0.430 e. The lowest BCUT2D eigenvalue weighted by atomic mass is 9.82. The Morgan fingerprint density at radius 3 is 2.68 bits per heavy atom. The molecule has 4 heteroatoms. The standard InChI is InChI=1S/C15H14O4/c1-9-3-4-11(10(2)7-9)13-12(16)5-6-15(13)8-18-14(17)19-15/h3-7,13H,8H2,1-2H3/t13-,15+/m0/s1. The van der Waals surface area contributed by atoms with E-state index >= 15 is 0 Å². The van der Waals surface area contributed by atoms with E-state index in [-0.39, 0.29) is 12.4 Å². The van der Waals surface area contributed by atoms with Crippen molar-refractivity contribution in [3.63, 3.8) is 0 Å². The highest BCUT2D eigenvalue weighted by Crippen LogP contribution is 2.43. The predicted molar refractivity (Wildman–Crippen MR) is 68.0 cm³/mol. The Morgan fingerprint density at radius 2 is 2.05 bits per heavy atom. The summed E-state index contributed by atoms with van der Waals surface area (Å²) in [5, 5.41) is 0. The maximum absolute atomic E-state index is 12.1. The van der Waals surface area contributed by atoms with Crippen LogP contribution in [-0.2, 0) is 14.3 Å². The second-order valence-corrected chi connectivity index (χ2v) is 5.12. The molecule has 3 rings (SSSR count). The lowest BCUT2D eigenvalue weighted by Crippen LogP contribution is -2.37. The summed E-state index contributed by atoms with van der Waals surface area (Å²) >= 11 is 0. The molecule has 0 aromatic heterocycles. The zero-order chi connectivity index (χ0) is 13.6. The van der Waals surface area contributed by atoms with E-state index < -0.39 is 17.7 Å². The smallest absolute Gasteiger partial charge is 0.430 e. The molecule has 0 bridgehead atoms. The first-order chi connectivity index (χ1) is 9.02. The molecule has 1 spiro atoms. The van der Waals surface area contributed by atoms with Crippen LogP contribution in [0.3, 0.4) is 0 Å². The SMILES string of the molecule is Cc1ccc([C@H]2C(=O)C=C[C@@]23COC(=O)O3)c(C)c1. The Hall–Kier alpha value is -2.10. The normalized spacial score (nSPS) is 28.8. The first kappa shape index (κ1) is 12.0. The van der Waals surface area contributed by atoms with Crippen molar-refractivity contribution in [2.75, 3.05) is 6.61 Å². The van der Waals surface area contributed by atoms with E-state index in [9.17, 15) is 9.59 Å². The molecule has 0 N–H and O–H groups in total. The molecule has 1 aliphatic heterocycles. The van der Waals surface area contributed by atoms with Crippen molar-refractivity contribution in [3.8, 4) is 0 Å². The molecule has 1 aromatic rings. The van der Waals surface area contributed by atoms with Crippen molar-refractivity contribution in [2.24, 2.45) is 0 Å². The van der Waals surface area contributed by atoms with E-state index in [0.29, 0.717) is 0 Å². The van der Waals surface area contributed by atoms with Gasteiger partial charge in [0.1, 0.15) is 6.61 Å². The summed E-state index contributed by atoms with van der Waals surface area (Å²) in [6.07, 6.45) is 2.41. The fourth-order valence-electron chi connectivity index (χ4n) is 2.83. The topological polar surface area (TPSA) is 52.6 Å². The molecular formula is C15H14O4. The number of benzene rings is 1. The van der Waals surface area contributed by atoms with Crippen molar-refractivity contribution in [1.29, 1.82) is 0 Å². The summed E-state index contributed by atoms with van der Waals surface area (Å²) in [5.74, 6) is -0.551. The maximum atomic E-state index is 12.1. The highest BCUT2D eigenvalue weighted by atomic mass is 16.8. The fraction of sp³-hybridized carbons (Fsp3) is 0.333. The lowest BCUT2D eigenvalue weighted by molar-refractivity contribution is -0.118. The first-order valence-electron chi connectivity index (χ1n) is 6.18.